The first kappa shape index (κ1) is 20.1. The summed E-state index contributed by atoms with van der Waals surface area (Å²) >= 11 is 7.49. The summed E-state index contributed by atoms with van der Waals surface area (Å²) in [5.41, 5.74) is 2.96. The zero-order valence-electron chi connectivity index (χ0n) is 16.8. The molecule has 0 amide bonds. The number of carbonyl (C=O) groups is 1. The first-order valence-electron chi connectivity index (χ1n) is 10.3. The van der Waals surface area contributed by atoms with Gasteiger partial charge in [0.1, 0.15) is 18.2 Å². The van der Waals surface area contributed by atoms with Crippen LogP contribution in [-0.2, 0) is 6.61 Å². The van der Waals surface area contributed by atoms with Gasteiger partial charge in [0.2, 0.25) is 0 Å². The van der Waals surface area contributed by atoms with Crippen molar-refractivity contribution in [3.05, 3.63) is 69.4 Å². The molecule has 2 heterocycles. The lowest BCUT2D eigenvalue weighted by Crippen LogP contribution is -2.06. The van der Waals surface area contributed by atoms with Crippen LogP contribution in [0.15, 0.2) is 54.6 Å². The van der Waals surface area contributed by atoms with Gasteiger partial charge in [0.25, 0.3) is 0 Å². The van der Waals surface area contributed by atoms with E-state index in [-0.39, 0.29) is 5.56 Å². The van der Waals surface area contributed by atoms with E-state index in [9.17, 15) is 9.90 Å². The van der Waals surface area contributed by atoms with Crippen LogP contribution in [0.5, 0.6) is 5.75 Å². The standard InChI is InChI=1S/C24H21ClN2O3S/c25-22-12-10-19(31-22)14-30-18-8-5-15(6-9-18)23-26-20-13-16(24(28)29)7-11-21(20)27(23)17-3-1-2-4-17/h5-13,17H,1-4,14H2,(H,28,29). The van der Waals surface area contributed by atoms with E-state index >= 15 is 0 Å². The summed E-state index contributed by atoms with van der Waals surface area (Å²) in [6, 6.07) is 17.4. The number of carboxylic acid groups (broad SMARTS) is 1. The number of aromatic carboxylic acids is 1. The number of hydrogen-bond donors (Lipinski definition) is 1. The highest BCUT2D eigenvalue weighted by Crippen LogP contribution is 2.37. The largest absolute Gasteiger partial charge is 0.488 e. The van der Waals surface area contributed by atoms with Crippen LogP contribution in [0.3, 0.4) is 0 Å². The molecule has 1 aliphatic rings. The molecule has 0 spiro atoms. The second kappa shape index (κ2) is 8.36. The highest BCUT2D eigenvalue weighted by molar-refractivity contribution is 7.16. The number of ether oxygens (including phenoxy) is 1. The number of halogens is 1. The quantitative estimate of drug-likeness (QED) is 0.349. The van der Waals surface area contributed by atoms with E-state index in [1.807, 2.05) is 42.5 Å². The lowest BCUT2D eigenvalue weighted by Gasteiger charge is -2.17. The third-order valence-electron chi connectivity index (χ3n) is 5.75. The van der Waals surface area contributed by atoms with E-state index in [1.165, 1.54) is 24.2 Å². The molecule has 4 aromatic rings. The first-order valence-corrected chi connectivity index (χ1v) is 11.5. The second-order valence-corrected chi connectivity index (χ2v) is 9.57. The van der Waals surface area contributed by atoms with Gasteiger partial charge in [0.15, 0.2) is 0 Å². The maximum absolute atomic E-state index is 11.4. The number of imidazole rings is 1. The summed E-state index contributed by atoms with van der Waals surface area (Å²) in [5.74, 6) is 0.721. The number of carboxylic acids is 1. The van der Waals surface area contributed by atoms with Gasteiger partial charge >= 0.3 is 5.97 Å². The Hall–Kier alpha value is -2.83. The van der Waals surface area contributed by atoms with Gasteiger partial charge in [-0.2, -0.15) is 0 Å². The van der Waals surface area contributed by atoms with Gasteiger partial charge < -0.3 is 14.4 Å². The SMILES string of the molecule is O=C(O)c1ccc2c(c1)nc(-c1ccc(OCc3ccc(Cl)s3)cc1)n2C1CCCC1. The van der Waals surface area contributed by atoms with Crippen LogP contribution in [-0.4, -0.2) is 20.6 Å². The van der Waals surface area contributed by atoms with Gasteiger partial charge in [0, 0.05) is 16.5 Å². The lowest BCUT2D eigenvalue weighted by atomic mass is 10.1. The van der Waals surface area contributed by atoms with Crippen LogP contribution in [0.1, 0.15) is 47.0 Å². The molecule has 2 aromatic heterocycles. The third-order valence-corrected chi connectivity index (χ3v) is 6.95. The van der Waals surface area contributed by atoms with Crippen molar-refractivity contribution in [2.75, 3.05) is 0 Å². The molecule has 0 aliphatic heterocycles. The minimum Gasteiger partial charge on any atom is -0.488 e. The molecule has 0 bridgehead atoms. The van der Waals surface area contributed by atoms with E-state index < -0.39 is 5.97 Å². The van der Waals surface area contributed by atoms with Crippen molar-refractivity contribution in [2.45, 2.75) is 38.3 Å². The molecule has 1 aliphatic carbocycles. The van der Waals surface area contributed by atoms with Gasteiger partial charge in [-0.3, -0.25) is 0 Å². The van der Waals surface area contributed by atoms with Gasteiger partial charge in [-0.1, -0.05) is 24.4 Å². The fourth-order valence-electron chi connectivity index (χ4n) is 4.25. The van der Waals surface area contributed by atoms with Gasteiger partial charge in [-0.15, -0.1) is 11.3 Å². The zero-order valence-corrected chi connectivity index (χ0v) is 18.3. The molecule has 0 unspecified atom stereocenters. The number of benzene rings is 2. The van der Waals surface area contributed by atoms with Crippen LogP contribution >= 0.6 is 22.9 Å². The molecule has 0 radical (unpaired) electrons. The van der Waals surface area contributed by atoms with E-state index in [4.69, 9.17) is 21.3 Å². The molecule has 1 fully saturated rings. The van der Waals surface area contributed by atoms with E-state index in [2.05, 4.69) is 4.57 Å². The van der Waals surface area contributed by atoms with E-state index in [0.29, 0.717) is 12.6 Å². The Balaban J connectivity index is 1.47. The maximum atomic E-state index is 11.4. The summed E-state index contributed by atoms with van der Waals surface area (Å²) < 4.78 is 8.93. The Bertz CT molecular complexity index is 1240. The molecular formula is C24H21ClN2O3S. The topological polar surface area (TPSA) is 64.3 Å². The van der Waals surface area contributed by atoms with Crippen LogP contribution in [0, 0.1) is 0 Å². The highest BCUT2D eigenvalue weighted by atomic mass is 35.5. The summed E-state index contributed by atoms with van der Waals surface area (Å²) in [6.45, 7) is 0.481. The van der Waals surface area contributed by atoms with Crippen molar-refractivity contribution in [1.82, 2.24) is 9.55 Å². The Kier molecular flexibility index (Phi) is 5.42. The van der Waals surface area contributed by atoms with Crippen LogP contribution in [0.4, 0.5) is 0 Å². The summed E-state index contributed by atoms with van der Waals surface area (Å²) in [5, 5.41) is 9.36. The monoisotopic (exact) mass is 452 g/mol. The zero-order chi connectivity index (χ0) is 21.4. The number of nitrogens with zero attached hydrogens (tertiary/aromatic N) is 2. The first-order chi connectivity index (χ1) is 15.1. The second-order valence-electron chi connectivity index (χ2n) is 7.77. The Labute approximate surface area is 188 Å². The normalized spacial score (nSPS) is 14.4. The number of aromatic nitrogens is 2. The van der Waals surface area contributed by atoms with Crippen LogP contribution in [0.2, 0.25) is 4.34 Å². The molecule has 158 valence electrons. The van der Waals surface area contributed by atoms with E-state index in [1.54, 1.807) is 12.1 Å². The Morgan fingerprint density at radius 3 is 2.58 bits per heavy atom. The predicted octanol–water partition coefficient (Wildman–Crippen LogP) is 6.81. The van der Waals surface area contributed by atoms with Crippen molar-refractivity contribution < 1.29 is 14.6 Å². The average molecular weight is 453 g/mol. The van der Waals surface area contributed by atoms with Crippen molar-refractivity contribution in [2.24, 2.45) is 0 Å². The fraction of sp³-hybridized carbons (Fsp3) is 0.250. The average Bonchev–Trinajstić information content (AvgIpc) is 3.51. The molecule has 7 heteroatoms. The Morgan fingerprint density at radius 1 is 1.13 bits per heavy atom. The highest BCUT2D eigenvalue weighted by Gasteiger charge is 2.24. The molecule has 5 nitrogen and oxygen atoms in total. The maximum Gasteiger partial charge on any atom is 0.335 e. The minimum atomic E-state index is -0.938. The van der Waals surface area contributed by atoms with Crippen molar-refractivity contribution in [1.29, 1.82) is 0 Å². The summed E-state index contributed by atoms with van der Waals surface area (Å²) in [4.78, 5) is 17.3. The molecule has 31 heavy (non-hydrogen) atoms. The molecule has 1 saturated carbocycles. The van der Waals surface area contributed by atoms with Gasteiger partial charge in [-0.05, 0) is 67.4 Å². The molecule has 2 aromatic carbocycles. The minimum absolute atomic E-state index is 0.257. The molecule has 1 N–H and O–H groups in total. The fourth-order valence-corrected chi connectivity index (χ4v) is 5.25. The van der Waals surface area contributed by atoms with Gasteiger partial charge in [0.05, 0.1) is 20.9 Å². The van der Waals surface area contributed by atoms with Crippen LogP contribution < -0.4 is 4.74 Å². The van der Waals surface area contributed by atoms with E-state index in [0.717, 1.165) is 50.2 Å². The number of rotatable bonds is 6. The van der Waals surface area contributed by atoms with Crippen molar-refractivity contribution in [3.63, 3.8) is 0 Å². The molecule has 0 saturated heterocycles. The summed E-state index contributed by atoms with van der Waals surface area (Å²) in [6.07, 6.45) is 4.64. The summed E-state index contributed by atoms with van der Waals surface area (Å²) in [7, 11) is 0. The van der Waals surface area contributed by atoms with Crippen molar-refractivity contribution >= 4 is 39.9 Å². The predicted molar refractivity (Wildman–Crippen MR) is 123 cm³/mol. The molecule has 0 atom stereocenters. The number of thiophene rings is 1. The molecule has 5 rings (SSSR count). The number of hydrogen-bond acceptors (Lipinski definition) is 4. The third kappa shape index (κ3) is 4.05. The van der Waals surface area contributed by atoms with Crippen molar-refractivity contribution in [3.8, 4) is 17.1 Å². The molecular weight excluding hydrogens is 432 g/mol. The Morgan fingerprint density at radius 2 is 1.90 bits per heavy atom. The smallest absolute Gasteiger partial charge is 0.335 e. The lowest BCUT2D eigenvalue weighted by molar-refractivity contribution is 0.0697. The number of fused-ring (bicyclic) bond motifs is 1. The van der Waals surface area contributed by atoms with Gasteiger partial charge in [-0.25, -0.2) is 9.78 Å². The van der Waals surface area contributed by atoms with Crippen LogP contribution in [0.25, 0.3) is 22.4 Å².